The minimum absolute atomic E-state index is 0.0210. The van der Waals surface area contributed by atoms with Gasteiger partial charge in [-0.2, -0.15) is 0 Å². The maximum atomic E-state index is 12.3. The zero-order valence-electron chi connectivity index (χ0n) is 14.1. The fourth-order valence-corrected chi connectivity index (χ4v) is 4.40. The van der Waals surface area contributed by atoms with Gasteiger partial charge in [-0.05, 0) is 36.4 Å². The van der Waals surface area contributed by atoms with Gasteiger partial charge in [-0.15, -0.1) is 11.8 Å². The quantitative estimate of drug-likeness (QED) is 0.848. The molecule has 0 spiro atoms. The van der Waals surface area contributed by atoms with E-state index >= 15 is 0 Å². The zero-order valence-corrected chi connectivity index (χ0v) is 15.8. The molecule has 0 saturated heterocycles. The highest BCUT2D eigenvalue weighted by molar-refractivity contribution is 8.00. The molecule has 1 heterocycles. The van der Waals surface area contributed by atoms with Crippen molar-refractivity contribution >= 4 is 44.8 Å². The molecule has 0 fully saturated rings. The SMILES string of the molecule is CCS(=O)(=O)c1ccc(NC(=O)CN2C(=O)CSc3ccccc32)cc1. The van der Waals surface area contributed by atoms with Crippen LogP contribution >= 0.6 is 11.8 Å². The van der Waals surface area contributed by atoms with Gasteiger partial charge in [0.05, 0.1) is 22.1 Å². The number of benzene rings is 2. The fraction of sp³-hybridized carbons (Fsp3) is 0.222. The average molecular weight is 390 g/mol. The van der Waals surface area contributed by atoms with Crippen LogP contribution in [0.5, 0.6) is 0 Å². The normalized spacial score (nSPS) is 14.0. The van der Waals surface area contributed by atoms with Gasteiger partial charge >= 0.3 is 0 Å². The molecule has 2 amide bonds. The molecule has 0 atom stereocenters. The van der Waals surface area contributed by atoms with Gasteiger partial charge in [-0.1, -0.05) is 19.1 Å². The number of amides is 2. The zero-order chi connectivity index (χ0) is 18.7. The highest BCUT2D eigenvalue weighted by atomic mass is 32.2. The van der Waals surface area contributed by atoms with Crippen LogP contribution in [-0.2, 0) is 19.4 Å². The van der Waals surface area contributed by atoms with Gasteiger partial charge in [-0.25, -0.2) is 8.42 Å². The number of hydrogen-bond acceptors (Lipinski definition) is 5. The summed E-state index contributed by atoms with van der Waals surface area (Å²) < 4.78 is 23.6. The van der Waals surface area contributed by atoms with Crippen LogP contribution in [-0.4, -0.2) is 38.3 Å². The summed E-state index contributed by atoms with van der Waals surface area (Å²) in [5.74, 6) is -0.138. The van der Waals surface area contributed by atoms with Crippen molar-refractivity contribution < 1.29 is 18.0 Å². The summed E-state index contributed by atoms with van der Waals surface area (Å²) in [6, 6.07) is 13.5. The summed E-state index contributed by atoms with van der Waals surface area (Å²) in [4.78, 5) is 27.2. The molecular formula is C18H18N2O4S2. The number of nitrogens with zero attached hydrogens (tertiary/aromatic N) is 1. The van der Waals surface area contributed by atoms with E-state index in [4.69, 9.17) is 0 Å². The molecule has 6 nitrogen and oxygen atoms in total. The Kier molecular flexibility index (Phi) is 5.33. The Morgan fingerprint density at radius 1 is 1.15 bits per heavy atom. The smallest absolute Gasteiger partial charge is 0.244 e. The number of anilines is 2. The van der Waals surface area contributed by atoms with Crippen molar-refractivity contribution in [3.8, 4) is 0 Å². The van der Waals surface area contributed by atoms with Crippen molar-refractivity contribution in [2.75, 3.05) is 28.3 Å². The second-order valence-corrected chi connectivity index (χ2v) is 9.01. The Morgan fingerprint density at radius 2 is 1.85 bits per heavy atom. The van der Waals surface area contributed by atoms with E-state index in [1.807, 2.05) is 24.3 Å². The van der Waals surface area contributed by atoms with Gasteiger partial charge in [0.2, 0.25) is 11.8 Å². The lowest BCUT2D eigenvalue weighted by molar-refractivity contribution is -0.120. The minimum Gasteiger partial charge on any atom is -0.325 e. The predicted octanol–water partition coefficient (Wildman–Crippen LogP) is 2.56. The maximum absolute atomic E-state index is 12.3. The van der Waals surface area contributed by atoms with E-state index in [0.717, 1.165) is 10.6 Å². The molecule has 0 aliphatic carbocycles. The van der Waals surface area contributed by atoms with Crippen molar-refractivity contribution in [1.82, 2.24) is 0 Å². The number of para-hydroxylation sites is 1. The monoisotopic (exact) mass is 390 g/mol. The van der Waals surface area contributed by atoms with Gasteiger partial charge in [0.25, 0.3) is 0 Å². The first-order chi connectivity index (χ1) is 12.4. The molecule has 1 aliphatic rings. The van der Waals surface area contributed by atoms with E-state index in [9.17, 15) is 18.0 Å². The Hall–Kier alpha value is -2.32. The van der Waals surface area contributed by atoms with Crippen LogP contribution in [0.1, 0.15) is 6.92 Å². The maximum Gasteiger partial charge on any atom is 0.244 e. The molecule has 1 N–H and O–H groups in total. The molecule has 2 aromatic rings. The van der Waals surface area contributed by atoms with Crippen LogP contribution in [0.2, 0.25) is 0 Å². The van der Waals surface area contributed by atoms with Gasteiger partial charge in [0.1, 0.15) is 6.54 Å². The van der Waals surface area contributed by atoms with Crippen molar-refractivity contribution in [1.29, 1.82) is 0 Å². The van der Waals surface area contributed by atoms with Crippen LogP contribution < -0.4 is 10.2 Å². The summed E-state index contributed by atoms with van der Waals surface area (Å²) in [5, 5.41) is 2.70. The van der Waals surface area contributed by atoms with Gasteiger partial charge in [-0.3, -0.25) is 9.59 Å². The van der Waals surface area contributed by atoms with E-state index in [0.29, 0.717) is 11.4 Å². The lowest BCUT2D eigenvalue weighted by Gasteiger charge is -2.28. The molecule has 26 heavy (non-hydrogen) atoms. The first-order valence-corrected chi connectivity index (χ1v) is 10.7. The molecule has 0 saturated carbocycles. The van der Waals surface area contributed by atoms with Gasteiger partial charge in [0, 0.05) is 10.6 Å². The van der Waals surface area contributed by atoms with Gasteiger partial charge in [0.15, 0.2) is 9.84 Å². The van der Waals surface area contributed by atoms with Crippen molar-refractivity contribution in [2.24, 2.45) is 0 Å². The third-order valence-electron chi connectivity index (χ3n) is 3.99. The van der Waals surface area contributed by atoms with Gasteiger partial charge < -0.3 is 10.2 Å². The van der Waals surface area contributed by atoms with E-state index in [1.54, 1.807) is 19.1 Å². The Morgan fingerprint density at radius 3 is 2.54 bits per heavy atom. The molecule has 1 aliphatic heterocycles. The predicted molar refractivity (Wildman–Crippen MR) is 102 cm³/mol. The number of fused-ring (bicyclic) bond motifs is 1. The summed E-state index contributed by atoms with van der Waals surface area (Å²) in [6.07, 6.45) is 0. The van der Waals surface area contributed by atoms with E-state index in [1.165, 1.54) is 28.8 Å². The Bertz CT molecular complexity index is 940. The number of hydrogen-bond donors (Lipinski definition) is 1. The minimum atomic E-state index is -3.27. The van der Waals surface area contributed by atoms with Crippen LogP contribution in [0.3, 0.4) is 0 Å². The van der Waals surface area contributed by atoms with E-state index in [2.05, 4.69) is 5.32 Å². The molecule has 0 unspecified atom stereocenters. The topological polar surface area (TPSA) is 83.6 Å². The third kappa shape index (κ3) is 3.91. The number of carbonyl (C=O) groups excluding carboxylic acids is 2. The fourth-order valence-electron chi connectivity index (χ4n) is 2.58. The Labute approximate surface area is 156 Å². The van der Waals surface area contributed by atoms with E-state index in [-0.39, 0.29) is 29.0 Å². The number of rotatable bonds is 5. The summed E-state index contributed by atoms with van der Waals surface area (Å²) in [6.45, 7) is 1.49. The first kappa shape index (κ1) is 18.5. The van der Waals surface area contributed by atoms with E-state index < -0.39 is 9.84 Å². The first-order valence-electron chi connectivity index (χ1n) is 8.05. The average Bonchev–Trinajstić information content (AvgIpc) is 2.64. The molecule has 0 aromatic heterocycles. The van der Waals surface area contributed by atoms with Crippen LogP contribution in [0.25, 0.3) is 0 Å². The molecular weight excluding hydrogens is 372 g/mol. The highest BCUT2D eigenvalue weighted by Crippen LogP contribution is 2.34. The molecule has 2 aromatic carbocycles. The molecule has 8 heteroatoms. The van der Waals surface area contributed by atoms with Crippen molar-refractivity contribution in [3.05, 3.63) is 48.5 Å². The van der Waals surface area contributed by atoms with Crippen LogP contribution in [0.15, 0.2) is 58.3 Å². The van der Waals surface area contributed by atoms with Crippen molar-refractivity contribution in [3.63, 3.8) is 0 Å². The largest absolute Gasteiger partial charge is 0.325 e. The molecule has 136 valence electrons. The number of thioether (sulfide) groups is 1. The molecule has 0 radical (unpaired) electrons. The molecule has 3 rings (SSSR count). The van der Waals surface area contributed by atoms with Crippen LogP contribution in [0.4, 0.5) is 11.4 Å². The highest BCUT2D eigenvalue weighted by Gasteiger charge is 2.26. The van der Waals surface area contributed by atoms with Crippen LogP contribution in [0, 0.1) is 0 Å². The lowest BCUT2D eigenvalue weighted by Crippen LogP contribution is -2.41. The second kappa shape index (κ2) is 7.51. The lowest BCUT2D eigenvalue weighted by atomic mass is 10.2. The number of carbonyl (C=O) groups is 2. The number of sulfone groups is 1. The summed E-state index contributed by atoms with van der Waals surface area (Å²) in [7, 11) is -3.27. The molecule has 0 bridgehead atoms. The summed E-state index contributed by atoms with van der Waals surface area (Å²) in [5.41, 5.74) is 1.21. The Balaban J connectivity index is 1.71. The summed E-state index contributed by atoms with van der Waals surface area (Å²) >= 11 is 1.46. The standard InChI is InChI=1S/C18H18N2O4S2/c1-2-26(23,24)14-9-7-13(8-10-14)19-17(21)11-20-15-5-3-4-6-16(15)25-12-18(20)22/h3-10H,2,11-12H2,1H3,(H,19,21). The third-order valence-corrected chi connectivity index (χ3v) is 6.79. The van der Waals surface area contributed by atoms with Crippen molar-refractivity contribution in [2.45, 2.75) is 16.7 Å². The number of nitrogens with one attached hydrogen (secondary N) is 1. The second-order valence-electron chi connectivity index (χ2n) is 5.71.